The fraction of sp³-hybridized carbons (Fsp3) is 0.516. The van der Waals surface area contributed by atoms with E-state index in [1.165, 1.54) is 0 Å². The molecular formula is C31H42N4O4. The van der Waals surface area contributed by atoms with E-state index >= 15 is 0 Å². The molecule has 0 saturated carbocycles. The summed E-state index contributed by atoms with van der Waals surface area (Å²) in [6.07, 6.45) is 0.982. The summed E-state index contributed by atoms with van der Waals surface area (Å²) < 4.78 is 10.8. The molecule has 0 radical (unpaired) electrons. The topological polar surface area (TPSA) is 74.7 Å². The number of ether oxygens (including phenoxy) is 2. The molecule has 4 rings (SSSR count). The minimum atomic E-state index is -0.228. The SMILES string of the molecule is COc1ccc(C2=NN(C(=O)CN(CCN3CCOCC3)C(=O)CC(C)(C)C)C(c3ccc(C)cc3)C2)cc1. The van der Waals surface area contributed by atoms with Gasteiger partial charge in [0.2, 0.25) is 5.91 Å². The standard InChI is InChI=1S/C31H42N4O4/c1-23-6-8-25(9-7-23)28-20-27(24-10-12-26(38-5)13-11-24)32-35(28)30(37)22-34(29(36)21-31(2,3)4)15-14-33-16-18-39-19-17-33/h6-13,28H,14-22H2,1-5H3. The minimum Gasteiger partial charge on any atom is -0.497 e. The lowest BCUT2D eigenvalue weighted by Gasteiger charge is -2.32. The largest absolute Gasteiger partial charge is 0.497 e. The van der Waals surface area contributed by atoms with E-state index in [0.717, 1.165) is 41.2 Å². The Labute approximate surface area is 232 Å². The fourth-order valence-electron chi connectivity index (χ4n) is 4.93. The van der Waals surface area contributed by atoms with Gasteiger partial charge in [-0.1, -0.05) is 50.6 Å². The van der Waals surface area contributed by atoms with Crippen molar-refractivity contribution in [3.63, 3.8) is 0 Å². The van der Waals surface area contributed by atoms with E-state index in [1.807, 2.05) is 52.0 Å². The van der Waals surface area contributed by atoms with Crippen LogP contribution in [0.2, 0.25) is 0 Å². The zero-order valence-corrected chi connectivity index (χ0v) is 24.0. The highest BCUT2D eigenvalue weighted by Crippen LogP contribution is 2.33. The van der Waals surface area contributed by atoms with E-state index in [9.17, 15) is 9.59 Å². The Balaban J connectivity index is 1.57. The van der Waals surface area contributed by atoms with Crippen LogP contribution >= 0.6 is 0 Å². The lowest BCUT2D eigenvalue weighted by atomic mass is 9.91. The number of amides is 2. The molecule has 2 amide bonds. The Kier molecular flexibility index (Phi) is 9.40. The first-order chi connectivity index (χ1) is 18.6. The number of rotatable bonds is 9. The van der Waals surface area contributed by atoms with Crippen molar-refractivity contribution in [2.45, 2.75) is 46.6 Å². The molecule has 2 aromatic rings. The molecule has 0 aliphatic carbocycles. The zero-order valence-electron chi connectivity index (χ0n) is 24.0. The molecule has 2 aromatic carbocycles. The van der Waals surface area contributed by atoms with Gasteiger partial charge in [0.25, 0.3) is 5.91 Å². The predicted octanol–water partition coefficient (Wildman–Crippen LogP) is 4.28. The maximum atomic E-state index is 13.9. The van der Waals surface area contributed by atoms with Crippen LogP contribution in [0.15, 0.2) is 53.6 Å². The third kappa shape index (κ3) is 7.90. The molecule has 8 nitrogen and oxygen atoms in total. The summed E-state index contributed by atoms with van der Waals surface area (Å²) in [6.45, 7) is 12.5. The summed E-state index contributed by atoms with van der Waals surface area (Å²) in [4.78, 5) is 31.3. The maximum absolute atomic E-state index is 13.9. The highest BCUT2D eigenvalue weighted by molar-refractivity contribution is 6.03. The molecule has 8 heteroatoms. The fourth-order valence-corrected chi connectivity index (χ4v) is 4.93. The number of hydrazone groups is 1. The second-order valence-electron chi connectivity index (χ2n) is 11.7. The van der Waals surface area contributed by atoms with Crippen molar-refractivity contribution in [1.29, 1.82) is 0 Å². The summed E-state index contributed by atoms with van der Waals surface area (Å²) in [5.74, 6) is 0.594. The molecule has 2 aliphatic rings. The van der Waals surface area contributed by atoms with Gasteiger partial charge < -0.3 is 14.4 Å². The monoisotopic (exact) mass is 534 g/mol. The van der Waals surface area contributed by atoms with Crippen LogP contribution in [0.4, 0.5) is 0 Å². The predicted molar refractivity (Wildman–Crippen MR) is 153 cm³/mol. The van der Waals surface area contributed by atoms with Gasteiger partial charge in [0.15, 0.2) is 0 Å². The molecule has 1 unspecified atom stereocenters. The average Bonchev–Trinajstić information content (AvgIpc) is 3.36. The number of hydrogen-bond acceptors (Lipinski definition) is 6. The number of carbonyl (C=O) groups excluding carboxylic acids is 2. The van der Waals surface area contributed by atoms with Gasteiger partial charge in [-0.05, 0) is 47.7 Å². The van der Waals surface area contributed by atoms with E-state index < -0.39 is 0 Å². The molecule has 0 N–H and O–H groups in total. The van der Waals surface area contributed by atoms with Crippen LogP contribution < -0.4 is 4.74 Å². The van der Waals surface area contributed by atoms with Gasteiger partial charge in [-0.2, -0.15) is 5.10 Å². The molecule has 210 valence electrons. The molecule has 1 atom stereocenters. The number of methoxy groups -OCH3 is 1. The Bertz CT molecular complexity index is 1150. The van der Waals surface area contributed by atoms with Crippen molar-refractivity contribution in [1.82, 2.24) is 14.8 Å². The molecule has 1 saturated heterocycles. The van der Waals surface area contributed by atoms with E-state index in [2.05, 4.69) is 29.2 Å². The normalized spacial score (nSPS) is 18.1. The second kappa shape index (κ2) is 12.7. The first-order valence-electron chi connectivity index (χ1n) is 13.8. The molecule has 39 heavy (non-hydrogen) atoms. The summed E-state index contributed by atoms with van der Waals surface area (Å²) in [5.41, 5.74) is 3.82. The van der Waals surface area contributed by atoms with E-state index in [1.54, 1.807) is 17.0 Å². The molecule has 0 aromatic heterocycles. The van der Waals surface area contributed by atoms with Crippen molar-refractivity contribution in [2.75, 3.05) is 53.0 Å². The summed E-state index contributed by atoms with van der Waals surface area (Å²) in [5, 5.41) is 6.42. The highest BCUT2D eigenvalue weighted by atomic mass is 16.5. The quantitative estimate of drug-likeness (QED) is 0.480. The van der Waals surface area contributed by atoms with Crippen LogP contribution in [0.3, 0.4) is 0 Å². The van der Waals surface area contributed by atoms with Crippen LogP contribution in [0.1, 0.15) is 56.3 Å². The van der Waals surface area contributed by atoms with Crippen molar-refractivity contribution in [3.8, 4) is 5.75 Å². The number of morpholine rings is 1. The Morgan fingerprint density at radius 3 is 2.33 bits per heavy atom. The van der Waals surface area contributed by atoms with Gasteiger partial charge in [0.1, 0.15) is 12.3 Å². The maximum Gasteiger partial charge on any atom is 0.262 e. The van der Waals surface area contributed by atoms with Gasteiger partial charge in [0.05, 0.1) is 32.1 Å². The number of nitrogens with zero attached hydrogens (tertiary/aromatic N) is 4. The molecular weight excluding hydrogens is 492 g/mol. The van der Waals surface area contributed by atoms with Gasteiger partial charge in [-0.15, -0.1) is 0 Å². The van der Waals surface area contributed by atoms with Gasteiger partial charge in [-0.3, -0.25) is 14.5 Å². The van der Waals surface area contributed by atoms with E-state index in [0.29, 0.717) is 39.1 Å². The highest BCUT2D eigenvalue weighted by Gasteiger charge is 2.35. The third-order valence-electron chi connectivity index (χ3n) is 7.20. The molecule has 2 aliphatic heterocycles. The third-order valence-corrected chi connectivity index (χ3v) is 7.20. The minimum absolute atomic E-state index is 0.000999. The van der Waals surface area contributed by atoms with E-state index in [-0.39, 0.29) is 29.8 Å². The second-order valence-corrected chi connectivity index (χ2v) is 11.7. The molecule has 0 spiro atoms. The Hall–Kier alpha value is -3.23. The smallest absolute Gasteiger partial charge is 0.262 e. The zero-order chi connectivity index (χ0) is 28.0. The Morgan fingerprint density at radius 1 is 1.05 bits per heavy atom. The van der Waals surface area contributed by atoms with Crippen LogP contribution in [-0.4, -0.2) is 85.4 Å². The van der Waals surface area contributed by atoms with Crippen molar-refractivity contribution >= 4 is 17.5 Å². The lowest BCUT2D eigenvalue weighted by molar-refractivity contribution is -0.142. The van der Waals surface area contributed by atoms with Gasteiger partial charge in [-0.25, -0.2) is 5.01 Å². The van der Waals surface area contributed by atoms with Crippen LogP contribution in [0.25, 0.3) is 0 Å². The first-order valence-corrected chi connectivity index (χ1v) is 13.8. The van der Waals surface area contributed by atoms with Crippen molar-refractivity contribution < 1.29 is 19.1 Å². The number of aryl methyl sites for hydroxylation is 1. The van der Waals surface area contributed by atoms with Crippen molar-refractivity contribution in [3.05, 3.63) is 65.2 Å². The number of hydrogen-bond donors (Lipinski definition) is 0. The number of benzene rings is 2. The summed E-state index contributed by atoms with van der Waals surface area (Å²) in [6, 6.07) is 15.8. The van der Waals surface area contributed by atoms with Gasteiger partial charge >= 0.3 is 0 Å². The van der Waals surface area contributed by atoms with E-state index in [4.69, 9.17) is 14.6 Å². The van der Waals surface area contributed by atoms with Crippen LogP contribution in [0.5, 0.6) is 5.75 Å². The first kappa shape index (κ1) is 28.8. The van der Waals surface area contributed by atoms with Crippen LogP contribution in [-0.2, 0) is 14.3 Å². The summed E-state index contributed by atoms with van der Waals surface area (Å²) >= 11 is 0. The number of carbonyl (C=O) groups is 2. The Morgan fingerprint density at radius 2 is 1.72 bits per heavy atom. The summed E-state index contributed by atoms with van der Waals surface area (Å²) in [7, 11) is 1.64. The molecule has 0 bridgehead atoms. The van der Waals surface area contributed by atoms with Gasteiger partial charge in [0, 0.05) is 39.0 Å². The average molecular weight is 535 g/mol. The van der Waals surface area contributed by atoms with Crippen molar-refractivity contribution in [2.24, 2.45) is 10.5 Å². The lowest BCUT2D eigenvalue weighted by Crippen LogP contribution is -2.47. The molecule has 2 heterocycles. The molecule has 1 fully saturated rings. The van der Waals surface area contributed by atoms with Crippen LogP contribution in [0, 0.1) is 12.3 Å².